The standard InChI is InChI=1S/C14H20N2O3S/c1-12-6-8-13(9-7-12)4-3-5-14(17)15-10-11-16-20(2,18)19/h3-4,6-9,16H,5,10-11H2,1-2H3,(H,15,17). The lowest BCUT2D eigenvalue weighted by molar-refractivity contribution is -0.120. The van der Waals surface area contributed by atoms with Gasteiger partial charge in [-0.2, -0.15) is 0 Å². The van der Waals surface area contributed by atoms with E-state index in [-0.39, 0.29) is 25.4 Å². The molecule has 0 heterocycles. The fraction of sp³-hybridized carbons (Fsp3) is 0.357. The summed E-state index contributed by atoms with van der Waals surface area (Å²) in [5.74, 6) is -0.135. The Kier molecular flexibility index (Phi) is 6.41. The summed E-state index contributed by atoms with van der Waals surface area (Å²) in [7, 11) is -3.19. The number of rotatable bonds is 7. The Bertz CT molecular complexity index is 563. The van der Waals surface area contributed by atoms with Gasteiger partial charge in [-0.15, -0.1) is 0 Å². The summed E-state index contributed by atoms with van der Waals surface area (Å²) in [6.07, 6.45) is 5.02. The molecule has 0 aliphatic heterocycles. The molecule has 1 aromatic carbocycles. The highest BCUT2D eigenvalue weighted by molar-refractivity contribution is 7.88. The van der Waals surface area contributed by atoms with Crippen molar-refractivity contribution in [3.8, 4) is 0 Å². The highest BCUT2D eigenvalue weighted by atomic mass is 32.2. The molecule has 1 aromatic rings. The van der Waals surface area contributed by atoms with Gasteiger partial charge >= 0.3 is 0 Å². The zero-order valence-electron chi connectivity index (χ0n) is 11.7. The number of hydrogen-bond acceptors (Lipinski definition) is 3. The minimum atomic E-state index is -3.19. The number of aryl methyl sites for hydroxylation is 1. The van der Waals surface area contributed by atoms with E-state index in [0.29, 0.717) is 0 Å². The molecular formula is C14H20N2O3S. The van der Waals surface area contributed by atoms with Gasteiger partial charge in [-0.25, -0.2) is 13.1 Å². The van der Waals surface area contributed by atoms with Crippen molar-refractivity contribution in [1.29, 1.82) is 0 Å². The lowest BCUT2D eigenvalue weighted by atomic mass is 10.1. The summed E-state index contributed by atoms with van der Waals surface area (Å²) in [5, 5.41) is 2.63. The molecule has 0 spiro atoms. The average Bonchev–Trinajstić information content (AvgIpc) is 2.36. The van der Waals surface area contributed by atoms with Crippen LogP contribution >= 0.6 is 0 Å². The second-order valence-electron chi connectivity index (χ2n) is 4.53. The molecule has 1 rings (SSSR count). The Morgan fingerprint density at radius 2 is 1.85 bits per heavy atom. The number of sulfonamides is 1. The van der Waals surface area contributed by atoms with E-state index in [9.17, 15) is 13.2 Å². The van der Waals surface area contributed by atoms with E-state index in [0.717, 1.165) is 11.8 Å². The van der Waals surface area contributed by atoms with Gasteiger partial charge in [0.25, 0.3) is 0 Å². The Hall–Kier alpha value is -1.66. The zero-order valence-corrected chi connectivity index (χ0v) is 12.5. The van der Waals surface area contributed by atoms with Crippen LogP contribution in [-0.2, 0) is 14.8 Å². The van der Waals surface area contributed by atoms with E-state index in [1.807, 2.05) is 37.3 Å². The van der Waals surface area contributed by atoms with Crippen molar-refractivity contribution in [2.24, 2.45) is 0 Å². The highest BCUT2D eigenvalue weighted by Gasteiger charge is 2.00. The molecule has 0 aliphatic carbocycles. The molecule has 0 aromatic heterocycles. The van der Waals surface area contributed by atoms with Crippen molar-refractivity contribution in [3.63, 3.8) is 0 Å². The zero-order chi connectivity index (χ0) is 15.0. The van der Waals surface area contributed by atoms with Gasteiger partial charge in [0.15, 0.2) is 0 Å². The van der Waals surface area contributed by atoms with Gasteiger partial charge in [-0.1, -0.05) is 42.0 Å². The Morgan fingerprint density at radius 1 is 1.20 bits per heavy atom. The van der Waals surface area contributed by atoms with E-state index in [1.165, 1.54) is 5.56 Å². The molecule has 0 saturated carbocycles. The predicted molar refractivity (Wildman–Crippen MR) is 80.7 cm³/mol. The third-order valence-corrected chi connectivity index (χ3v) is 3.23. The molecule has 0 bridgehead atoms. The molecule has 0 unspecified atom stereocenters. The maximum absolute atomic E-state index is 11.5. The van der Waals surface area contributed by atoms with Crippen LogP contribution in [-0.4, -0.2) is 33.7 Å². The van der Waals surface area contributed by atoms with Gasteiger partial charge in [-0.05, 0) is 12.5 Å². The molecule has 5 nitrogen and oxygen atoms in total. The highest BCUT2D eigenvalue weighted by Crippen LogP contribution is 2.05. The van der Waals surface area contributed by atoms with Crippen LogP contribution in [0.1, 0.15) is 17.5 Å². The first-order valence-corrected chi connectivity index (χ1v) is 8.20. The number of hydrogen-bond donors (Lipinski definition) is 2. The average molecular weight is 296 g/mol. The van der Waals surface area contributed by atoms with Crippen LogP contribution in [0.5, 0.6) is 0 Å². The van der Waals surface area contributed by atoms with Gasteiger partial charge in [0.2, 0.25) is 15.9 Å². The molecule has 6 heteroatoms. The van der Waals surface area contributed by atoms with Crippen LogP contribution in [0.2, 0.25) is 0 Å². The smallest absolute Gasteiger partial charge is 0.223 e. The van der Waals surface area contributed by atoms with Crippen LogP contribution in [0.4, 0.5) is 0 Å². The molecule has 0 atom stereocenters. The third-order valence-electron chi connectivity index (χ3n) is 2.50. The van der Waals surface area contributed by atoms with Crippen LogP contribution in [0.25, 0.3) is 6.08 Å². The normalized spacial score (nSPS) is 11.7. The number of nitrogens with one attached hydrogen (secondary N) is 2. The van der Waals surface area contributed by atoms with E-state index in [1.54, 1.807) is 6.08 Å². The van der Waals surface area contributed by atoms with Crippen LogP contribution in [0, 0.1) is 6.92 Å². The number of benzene rings is 1. The molecule has 110 valence electrons. The molecule has 20 heavy (non-hydrogen) atoms. The van der Waals surface area contributed by atoms with E-state index < -0.39 is 10.0 Å². The number of amides is 1. The SMILES string of the molecule is Cc1ccc(C=CCC(=O)NCCNS(C)(=O)=O)cc1. The number of carbonyl (C=O) groups is 1. The topological polar surface area (TPSA) is 75.3 Å². The fourth-order valence-electron chi connectivity index (χ4n) is 1.49. The van der Waals surface area contributed by atoms with Crippen LogP contribution < -0.4 is 10.0 Å². The molecule has 0 saturated heterocycles. The lowest BCUT2D eigenvalue weighted by Crippen LogP contribution is -2.33. The second kappa shape index (κ2) is 7.81. The van der Waals surface area contributed by atoms with Gasteiger partial charge in [0.05, 0.1) is 6.26 Å². The fourth-order valence-corrected chi connectivity index (χ4v) is 1.96. The van der Waals surface area contributed by atoms with Crippen molar-refractivity contribution < 1.29 is 13.2 Å². The number of carbonyl (C=O) groups excluding carboxylic acids is 1. The molecule has 1 amide bonds. The summed E-state index contributed by atoms with van der Waals surface area (Å²) in [5.41, 5.74) is 2.24. The Labute approximate surface area is 120 Å². The van der Waals surface area contributed by atoms with Crippen LogP contribution in [0.15, 0.2) is 30.3 Å². The first kappa shape index (κ1) is 16.4. The van der Waals surface area contributed by atoms with Crippen molar-refractivity contribution in [2.45, 2.75) is 13.3 Å². The van der Waals surface area contributed by atoms with E-state index >= 15 is 0 Å². The summed E-state index contributed by atoms with van der Waals surface area (Å²) >= 11 is 0. The summed E-state index contributed by atoms with van der Waals surface area (Å²) in [6.45, 7) is 2.50. The molecular weight excluding hydrogens is 276 g/mol. The van der Waals surface area contributed by atoms with E-state index in [4.69, 9.17) is 0 Å². The largest absolute Gasteiger partial charge is 0.355 e. The Morgan fingerprint density at radius 3 is 2.45 bits per heavy atom. The first-order chi connectivity index (χ1) is 9.37. The minimum Gasteiger partial charge on any atom is -0.355 e. The third kappa shape index (κ3) is 7.70. The first-order valence-electron chi connectivity index (χ1n) is 6.31. The molecule has 0 fully saturated rings. The summed E-state index contributed by atoms with van der Waals surface area (Å²) in [4.78, 5) is 11.5. The summed E-state index contributed by atoms with van der Waals surface area (Å²) in [6, 6.07) is 7.99. The summed E-state index contributed by atoms with van der Waals surface area (Å²) < 4.78 is 23.9. The maximum atomic E-state index is 11.5. The predicted octanol–water partition coefficient (Wildman–Crippen LogP) is 1.06. The quantitative estimate of drug-likeness (QED) is 0.739. The van der Waals surface area contributed by atoms with Gasteiger partial charge in [-0.3, -0.25) is 4.79 Å². The second-order valence-corrected chi connectivity index (χ2v) is 6.37. The molecule has 2 N–H and O–H groups in total. The van der Waals surface area contributed by atoms with Crippen molar-refractivity contribution in [3.05, 3.63) is 41.5 Å². The molecule has 0 aliphatic rings. The van der Waals surface area contributed by atoms with Gasteiger partial charge < -0.3 is 5.32 Å². The molecule has 0 radical (unpaired) electrons. The maximum Gasteiger partial charge on any atom is 0.223 e. The lowest BCUT2D eigenvalue weighted by Gasteiger charge is -2.03. The van der Waals surface area contributed by atoms with Crippen molar-refractivity contribution in [1.82, 2.24) is 10.0 Å². The Balaban J connectivity index is 2.24. The monoisotopic (exact) mass is 296 g/mol. The van der Waals surface area contributed by atoms with E-state index in [2.05, 4.69) is 10.0 Å². The van der Waals surface area contributed by atoms with Crippen molar-refractivity contribution >= 4 is 22.0 Å². The minimum absolute atomic E-state index is 0.135. The van der Waals surface area contributed by atoms with Crippen LogP contribution in [0.3, 0.4) is 0 Å². The van der Waals surface area contributed by atoms with Crippen molar-refractivity contribution in [2.75, 3.05) is 19.3 Å². The van der Waals surface area contributed by atoms with Gasteiger partial charge in [0, 0.05) is 19.5 Å². The van der Waals surface area contributed by atoms with Gasteiger partial charge in [0.1, 0.15) is 0 Å².